The smallest absolute Gasteiger partial charge is 0.205 e. The lowest BCUT2D eigenvalue weighted by Gasteiger charge is -2.36. The molecular formula is C22H21ClN2O2. The van der Waals surface area contributed by atoms with Crippen LogP contribution in [0.2, 0.25) is 5.02 Å². The van der Waals surface area contributed by atoms with Gasteiger partial charge in [-0.15, -0.1) is 0 Å². The summed E-state index contributed by atoms with van der Waals surface area (Å²) in [5.41, 5.74) is 3.14. The van der Waals surface area contributed by atoms with Gasteiger partial charge in [0.25, 0.3) is 0 Å². The molecule has 2 aliphatic rings. The lowest BCUT2D eigenvalue weighted by atomic mass is 9.70. The van der Waals surface area contributed by atoms with Crippen LogP contribution in [0.15, 0.2) is 47.5 Å². The van der Waals surface area contributed by atoms with Gasteiger partial charge in [-0.2, -0.15) is 10.3 Å². The fourth-order valence-electron chi connectivity index (χ4n) is 4.39. The highest BCUT2D eigenvalue weighted by atomic mass is 35.5. The van der Waals surface area contributed by atoms with Crippen LogP contribution >= 0.6 is 11.6 Å². The van der Waals surface area contributed by atoms with Gasteiger partial charge in [-0.05, 0) is 74.1 Å². The van der Waals surface area contributed by atoms with Crippen molar-refractivity contribution < 1.29 is 9.47 Å². The molecule has 138 valence electrons. The van der Waals surface area contributed by atoms with E-state index < -0.39 is 0 Å². The van der Waals surface area contributed by atoms with Crippen LogP contribution in [0.4, 0.5) is 0 Å². The number of methoxy groups -OCH3 is 1. The molecule has 2 aromatic carbocycles. The summed E-state index contributed by atoms with van der Waals surface area (Å²) >= 11 is 5.94. The summed E-state index contributed by atoms with van der Waals surface area (Å²) in [5, 5.41) is 9.96. The van der Waals surface area contributed by atoms with Gasteiger partial charge < -0.3 is 9.47 Å². The van der Waals surface area contributed by atoms with Gasteiger partial charge in [0.1, 0.15) is 11.5 Å². The fraction of sp³-hybridized carbons (Fsp3) is 0.364. The minimum atomic E-state index is -0.0496. The number of hydrogen-bond donors (Lipinski definition) is 0. The summed E-state index contributed by atoms with van der Waals surface area (Å²) in [6, 6.07) is 13.4. The van der Waals surface area contributed by atoms with Crippen molar-refractivity contribution in [3.63, 3.8) is 0 Å². The number of halogens is 1. The molecule has 1 fully saturated rings. The molecule has 0 saturated heterocycles. The molecule has 0 atom stereocenters. The first kappa shape index (κ1) is 18.0. The zero-order chi connectivity index (χ0) is 18.9. The molecule has 0 aliphatic heterocycles. The molecule has 0 aromatic heterocycles. The van der Waals surface area contributed by atoms with E-state index in [2.05, 4.69) is 11.1 Å². The Morgan fingerprint density at radius 1 is 1.11 bits per heavy atom. The second-order valence-electron chi connectivity index (χ2n) is 7.33. The summed E-state index contributed by atoms with van der Waals surface area (Å²) < 4.78 is 11.5. The highest BCUT2D eigenvalue weighted by Crippen LogP contribution is 2.49. The monoisotopic (exact) mass is 380 g/mol. The molecule has 5 heteroatoms. The molecule has 0 amide bonds. The first-order valence-electron chi connectivity index (χ1n) is 9.20. The Labute approximate surface area is 164 Å². The second kappa shape index (κ2) is 7.34. The van der Waals surface area contributed by atoms with Gasteiger partial charge in [0, 0.05) is 23.1 Å². The Balaban J connectivity index is 1.63. The number of fused-ring (bicyclic) bond motifs is 1. The third-order valence-corrected chi connectivity index (χ3v) is 6.05. The van der Waals surface area contributed by atoms with E-state index in [1.165, 1.54) is 5.56 Å². The standard InChI is InChI=1S/C22H21ClN2O2/c1-26-17-8-10-22(11-9-17)13-15-2-5-19(12-20(15)21(22)25-14-24)27-18-6-3-16(23)4-7-18/h2-7,12,17H,8-11,13H2,1H3. The van der Waals surface area contributed by atoms with E-state index in [1.54, 1.807) is 19.2 Å². The fourth-order valence-corrected chi connectivity index (χ4v) is 4.51. The van der Waals surface area contributed by atoms with Gasteiger partial charge in [-0.25, -0.2) is 0 Å². The van der Waals surface area contributed by atoms with E-state index in [0.29, 0.717) is 11.1 Å². The van der Waals surface area contributed by atoms with Crippen molar-refractivity contribution in [2.45, 2.75) is 38.2 Å². The molecule has 0 bridgehead atoms. The summed E-state index contributed by atoms with van der Waals surface area (Å²) in [4.78, 5) is 4.26. The molecule has 2 aliphatic carbocycles. The molecule has 0 N–H and O–H groups in total. The normalized spacial score (nSPS) is 25.4. The topological polar surface area (TPSA) is 54.6 Å². The van der Waals surface area contributed by atoms with Gasteiger partial charge in [0.05, 0.1) is 11.8 Å². The Hall–Kier alpha value is -2.35. The molecule has 27 heavy (non-hydrogen) atoms. The zero-order valence-electron chi connectivity index (χ0n) is 15.2. The van der Waals surface area contributed by atoms with E-state index in [9.17, 15) is 5.26 Å². The van der Waals surface area contributed by atoms with Gasteiger partial charge in [-0.1, -0.05) is 17.7 Å². The van der Waals surface area contributed by atoms with Gasteiger partial charge >= 0.3 is 0 Å². The van der Waals surface area contributed by atoms with E-state index in [4.69, 9.17) is 21.1 Å². The van der Waals surface area contributed by atoms with Crippen LogP contribution in [0.3, 0.4) is 0 Å². The summed E-state index contributed by atoms with van der Waals surface area (Å²) in [7, 11) is 1.77. The van der Waals surface area contributed by atoms with E-state index in [-0.39, 0.29) is 5.41 Å². The second-order valence-corrected chi connectivity index (χ2v) is 7.76. The summed E-state index contributed by atoms with van der Waals surface area (Å²) in [6.07, 6.45) is 7.26. The third kappa shape index (κ3) is 3.45. The van der Waals surface area contributed by atoms with E-state index in [1.807, 2.05) is 30.5 Å². The number of benzene rings is 2. The molecule has 4 rings (SSSR count). The number of hydrogen-bond acceptors (Lipinski definition) is 4. The molecular weight excluding hydrogens is 360 g/mol. The van der Waals surface area contributed by atoms with E-state index >= 15 is 0 Å². The maximum atomic E-state index is 9.29. The molecule has 0 heterocycles. The molecule has 2 aromatic rings. The Kier molecular flexibility index (Phi) is 4.90. The molecule has 0 unspecified atom stereocenters. The molecule has 4 nitrogen and oxygen atoms in total. The predicted molar refractivity (Wildman–Crippen MR) is 106 cm³/mol. The van der Waals surface area contributed by atoms with Crippen LogP contribution in [-0.2, 0) is 11.2 Å². The Bertz CT molecular complexity index is 907. The minimum Gasteiger partial charge on any atom is -0.457 e. The van der Waals surface area contributed by atoms with Crippen molar-refractivity contribution >= 4 is 17.3 Å². The Morgan fingerprint density at radius 3 is 2.48 bits per heavy atom. The van der Waals surface area contributed by atoms with Crippen LogP contribution in [0.1, 0.15) is 36.8 Å². The third-order valence-electron chi connectivity index (χ3n) is 5.80. The number of rotatable bonds is 3. The van der Waals surface area contributed by atoms with Crippen molar-refractivity contribution in [3.05, 3.63) is 58.6 Å². The number of nitriles is 1. The SMILES string of the molecule is COC1CCC2(CC1)Cc1ccc(Oc3ccc(Cl)cc3)cc1C2=NC#N. The maximum absolute atomic E-state index is 9.29. The predicted octanol–water partition coefficient (Wildman–Crippen LogP) is 5.53. The summed E-state index contributed by atoms with van der Waals surface area (Å²) in [6.45, 7) is 0. The first-order chi connectivity index (χ1) is 13.1. The van der Waals surface area contributed by atoms with E-state index in [0.717, 1.165) is 54.9 Å². The van der Waals surface area contributed by atoms with Crippen molar-refractivity contribution in [2.24, 2.45) is 10.4 Å². The number of aliphatic imine (C=N–C) groups is 1. The van der Waals surface area contributed by atoms with Crippen LogP contribution in [0, 0.1) is 16.9 Å². The van der Waals surface area contributed by atoms with Crippen molar-refractivity contribution in [1.29, 1.82) is 5.26 Å². The van der Waals surface area contributed by atoms with Crippen LogP contribution in [-0.4, -0.2) is 18.9 Å². The highest BCUT2D eigenvalue weighted by Gasteiger charge is 2.45. The number of nitrogens with zero attached hydrogens (tertiary/aromatic N) is 2. The molecule has 1 spiro atoms. The van der Waals surface area contributed by atoms with Gasteiger partial charge in [-0.3, -0.25) is 0 Å². The van der Waals surface area contributed by atoms with Crippen molar-refractivity contribution in [2.75, 3.05) is 7.11 Å². The quantitative estimate of drug-likeness (QED) is 0.657. The number of ether oxygens (including phenoxy) is 2. The van der Waals surface area contributed by atoms with Crippen molar-refractivity contribution in [3.8, 4) is 17.7 Å². The van der Waals surface area contributed by atoms with Gasteiger partial charge in [0.15, 0.2) is 0 Å². The Morgan fingerprint density at radius 2 is 1.81 bits per heavy atom. The van der Waals surface area contributed by atoms with Crippen LogP contribution in [0.25, 0.3) is 0 Å². The molecule has 1 saturated carbocycles. The summed E-state index contributed by atoms with van der Waals surface area (Å²) in [5.74, 6) is 1.47. The van der Waals surface area contributed by atoms with Crippen LogP contribution in [0.5, 0.6) is 11.5 Å². The first-order valence-corrected chi connectivity index (χ1v) is 9.58. The van der Waals surface area contributed by atoms with Gasteiger partial charge in [0.2, 0.25) is 6.19 Å². The lowest BCUT2D eigenvalue weighted by molar-refractivity contribution is 0.0468. The lowest BCUT2D eigenvalue weighted by Crippen LogP contribution is -2.35. The van der Waals surface area contributed by atoms with Crippen molar-refractivity contribution in [1.82, 2.24) is 0 Å². The zero-order valence-corrected chi connectivity index (χ0v) is 16.0. The molecule has 0 radical (unpaired) electrons. The average Bonchev–Trinajstić information content (AvgIpc) is 2.97. The highest BCUT2D eigenvalue weighted by molar-refractivity contribution is 6.30. The minimum absolute atomic E-state index is 0.0496. The average molecular weight is 381 g/mol. The van der Waals surface area contributed by atoms with Crippen LogP contribution < -0.4 is 4.74 Å². The largest absolute Gasteiger partial charge is 0.457 e. The maximum Gasteiger partial charge on any atom is 0.205 e.